The Kier molecular flexibility index (Phi) is 5.66. The van der Waals surface area contributed by atoms with Crippen LogP contribution in [0.1, 0.15) is 16.8 Å². The Morgan fingerprint density at radius 2 is 2.24 bits per heavy atom. The van der Waals surface area contributed by atoms with Gasteiger partial charge >= 0.3 is 0 Å². The zero-order chi connectivity index (χ0) is 20.1. The number of carbonyl (C=O) groups is 1. The Bertz CT molecular complexity index is 1030. The highest BCUT2D eigenvalue weighted by atomic mass is 16.5. The molecule has 0 radical (unpaired) electrons. The lowest BCUT2D eigenvalue weighted by Gasteiger charge is -2.12. The number of rotatable bonds is 7. The number of furan rings is 1. The molecule has 1 N–H and O–H groups in total. The Labute approximate surface area is 166 Å². The zero-order valence-corrected chi connectivity index (χ0v) is 15.6. The lowest BCUT2D eigenvalue weighted by atomic mass is 10.2. The summed E-state index contributed by atoms with van der Waals surface area (Å²) < 4.78 is 17.6. The van der Waals surface area contributed by atoms with Crippen molar-refractivity contribution in [1.82, 2.24) is 20.1 Å². The molecule has 1 aliphatic heterocycles. The standard InChI is InChI=1S/C20H20N4O5/c25-19-4-3-16(17-2-1-10-28-17)23-24(19)9-8-22-20(26)14-5-7-21-18(12-14)29-15-6-11-27-13-15/h1-5,7,10,12,15H,6,8-9,11,13H2,(H,22,26). The van der Waals surface area contributed by atoms with Gasteiger partial charge in [0.1, 0.15) is 11.8 Å². The minimum Gasteiger partial charge on any atom is -0.472 e. The number of carbonyl (C=O) groups excluding carboxylic acids is 1. The fourth-order valence-electron chi connectivity index (χ4n) is 2.93. The maximum atomic E-state index is 12.4. The minimum absolute atomic E-state index is 0.0415. The van der Waals surface area contributed by atoms with Crippen molar-refractivity contribution < 1.29 is 18.7 Å². The molecule has 1 fully saturated rings. The average molecular weight is 396 g/mol. The van der Waals surface area contributed by atoms with Gasteiger partial charge in [0, 0.05) is 36.9 Å². The number of aromatic nitrogens is 3. The van der Waals surface area contributed by atoms with Crippen molar-refractivity contribution >= 4 is 5.91 Å². The molecule has 9 nitrogen and oxygen atoms in total. The van der Waals surface area contributed by atoms with Crippen LogP contribution in [-0.2, 0) is 11.3 Å². The molecular weight excluding hydrogens is 376 g/mol. The predicted octanol–water partition coefficient (Wildman–Crippen LogP) is 1.50. The molecule has 0 aromatic carbocycles. The summed E-state index contributed by atoms with van der Waals surface area (Å²) >= 11 is 0. The minimum atomic E-state index is -0.282. The van der Waals surface area contributed by atoms with Crippen molar-refractivity contribution in [1.29, 1.82) is 0 Å². The van der Waals surface area contributed by atoms with E-state index in [4.69, 9.17) is 13.9 Å². The van der Waals surface area contributed by atoms with E-state index < -0.39 is 0 Å². The summed E-state index contributed by atoms with van der Waals surface area (Å²) in [5.74, 6) is 0.673. The average Bonchev–Trinajstić information content (AvgIpc) is 3.44. The van der Waals surface area contributed by atoms with Crippen molar-refractivity contribution in [3.05, 3.63) is 64.8 Å². The van der Waals surface area contributed by atoms with E-state index in [0.717, 1.165) is 6.42 Å². The summed E-state index contributed by atoms with van der Waals surface area (Å²) in [6.07, 6.45) is 3.83. The second-order valence-electron chi connectivity index (χ2n) is 6.50. The van der Waals surface area contributed by atoms with Crippen LogP contribution in [0.4, 0.5) is 0 Å². The maximum Gasteiger partial charge on any atom is 0.266 e. The summed E-state index contributed by atoms with van der Waals surface area (Å²) in [4.78, 5) is 28.6. The van der Waals surface area contributed by atoms with Crippen LogP contribution >= 0.6 is 0 Å². The van der Waals surface area contributed by atoms with Gasteiger partial charge in [-0.1, -0.05) is 0 Å². The first kappa shape index (κ1) is 18.9. The van der Waals surface area contributed by atoms with Crippen molar-refractivity contribution in [3.8, 4) is 17.3 Å². The lowest BCUT2D eigenvalue weighted by Crippen LogP contribution is -2.32. The Morgan fingerprint density at radius 3 is 3.03 bits per heavy atom. The third-order valence-corrected chi connectivity index (χ3v) is 4.42. The highest BCUT2D eigenvalue weighted by Gasteiger charge is 2.18. The van der Waals surface area contributed by atoms with Gasteiger partial charge in [0.15, 0.2) is 5.76 Å². The quantitative estimate of drug-likeness (QED) is 0.645. The third-order valence-electron chi connectivity index (χ3n) is 4.42. The van der Waals surface area contributed by atoms with Crippen molar-refractivity contribution in [2.75, 3.05) is 19.8 Å². The monoisotopic (exact) mass is 396 g/mol. The highest BCUT2D eigenvalue weighted by Crippen LogP contribution is 2.16. The highest BCUT2D eigenvalue weighted by molar-refractivity contribution is 5.94. The molecule has 1 amide bonds. The normalized spacial score (nSPS) is 15.9. The molecule has 1 atom stereocenters. The molecule has 4 rings (SSSR count). The molecule has 150 valence electrons. The summed E-state index contributed by atoms with van der Waals surface area (Å²) in [6, 6.07) is 9.74. The lowest BCUT2D eigenvalue weighted by molar-refractivity contribution is 0.0950. The van der Waals surface area contributed by atoms with Gasteiger partial charge in [-0.15, -0.1) is 0 Å². The number of pyridine rings is 1. The van der Waals surface area contributed by atoms with Gasteiger partial charge in [-0.25, -0.2) is 9.67 Å². The molecule has 4 heterocycles. The molecule has 0 aliphatic carbocycles. The van der Waals surface area contributed by atoms with Gasteiger partial charge in [-0.05, 0) is 24.3 Å². The van der Waals surface area contributed by atoms with Gasteiger partial charge in [0.2, 0.25) is 5.88 Å². The van der Waals surface area contributed by atoms with Crippen LogP contribution in [0.25, 0.3) is 11.5 Å². The van der Waals surface area contributed by atoms with E-state index in [-0.39, 0.29) is 30.7 Å². The van der Waals surface area contributed by atoms with E-state index >= 15 is 0 Å². The first-order valence-corrected chi connectivity index (χ1v) is 9.30. The fourth-order valence-corrected chi connectivity index (χ4v) is 2.93. The van der Waals surface area contributed by atoms with Gasteiger partial charge < -0.3 is 19.2 Å². The van der Waals surface area contributed by atoms with Crippen LogP contribution in [0.3, 0.4) is 0 Å². The van der Waals surface area contributed by atoms with Gasteiger partial charge in [0.05, 0.1) is 26.0 Å². The molecular formula is C20H20N4O5. The second-order valence-corrected chi connectivity index (χ2v) is 6.50. The summed E-state index contributed by atoms with van der Waals surface area (Å²) in [5, 5.41) is 7.05. The molecule has 9 heteroatoms. The van der Waals surface area contributed by atoms with Gasteiger partial charge in [-0.2, -0.15) is 5.10 Å². The first-order valence-electron chi connectivity index (χ1n) is 9.30. The van der Waals surface area contributed by atoms with Crippen LogP contribution in [0.5, 0.6) is 5.88 Å². The topological polar surface area (TPSA) is 108 Å². The Balaban J connectivity index is 1.35. The second kappa shape index (κ2) is 8.70. The van der Waals surface area contributed by atoms with E-state index in [1.165, 1.54) is 16.9 Å². The van der Waals surface area contributed by atoms with E-state index in [1.807, 2.05) is 0 Å². The summed E-state index contributed by atoms with van der Waals surface area (Å²) in [7, 11) is 0. The number of hydrogen-bond donors (Lipinski definition) is 1. The summed E-state index contributed by atoms with van der Waals surface area (Å²) in [5.41, 5.74) is 0.722. The van der Waals surface area contributed by atoms with Crippen LogP contribution in [0.2, 0.25) is 0 Å². The van der Waals surface area contributed by atoms with E-state index in [2.05, 4.69) is 15.4 Å². The Hall–Kier alpha value is -3.46. The van der Waals surface area contributed by atoms with Crippen LogP contribution < -0.4 is 15.6 Å². The molecule has 3 aromatic rings. The molecule has 1 aliphatic rings. The maximum absolute atomic E-state index is 12.4. The van der Waals surface area contributed by atoms with E-state index in [0.29, 0.717) is 36.1 Å². The number of amides is 1. The molecule has 1 saturated heterocycles. The zero-order valence-electron chi connectivity index (χ0n) is 15.6. The van der Waals surface area contributed by atoms with Crippen LogP contribution in [0.15, 0.2) is 58.1 Å². The molecule has 3 aromatic heterocycles. The SMILES string of the molecule is O=C(NCCn1nc(-c2ccco2)ccc1=O)c1ccnc(OC2CCOC2)c1. The molecule has 1 unspecified atom stereocenters. The molecule has 29 heavy (non-hydrogen) atoms. The smallest absolute Gasteiger partial charge is 0.266 e. The number of hydrogen-bond acceptors (Lipinski definition) is 7. The van der Waals surface area contributed by atoms with Crippen LogP contribution in [0, 0.1) is 0 Å². The van der Waals surface area contributed by atoms with Crippen LogP contribution in [-0.4, -0.2) is 46.5 Å². The van der Waals surface area contributed by atoms with Crippen molar-refractivity contribution in [3.63, 3.8) is 0 Å². The third kappa shape index (κ3) is 4.69. The van der Waals surface area contributed by atoms with Crippen molar-refractivity contribution in [2.45, 2.75) is 19.1 Å². The predicted molar refractivity (Wildman–Crippen MR) is 103 cm³/mol. The molecule has 0 saturated carbocycles. The molecule has 0 spiro atoms. The number of nitrogens with one attached hydrogen (secondary N) is 1. The van der Waals surface area contributed by atoms with E-state index in [1.54, 1.807) is 36.6 Å². The fraction of sp³-hybridized carbons (Fsp3) is 0.300. The number of nitrogens with zero attached hydrogens (tertiary/aromatic N) is 3. The van der Waals surface area contributed by atoms with E-state index in [9.17, 15) is 9.59 Å². The first-order chi connectivity index (χ1) is 14.2. The molecule has 0 bridgehead atoms. The van der Waals surface area contributed by atoms with Crippen molar-refractivity contribution in [2.24, 2.45) is 0 Å². The Morgan fingerprint density at radius 1 is 1.31 bits per heavy atom. The summed E-state index contributed by atoms with van der Waals surface area (Å²) in [6.45, 7) is 1.66. The largest absolute Gasteiger partial charge is 0.472 e. The van der Waals surface area contributed by atoms with Gasteiger partial charge in [-0.3, -0.25) is 9.59 Å². The number of ether oxygens (including phenoxy) is 2. The van der Waals surface area contributed by atoms with Gasteiger partial charge in [0.25, 0.3) is 11.5 Å².